The van der Waals surface area contributed by atoms with Crippen LogP contribution in [0.15, 0.2) is 53.0 Å². The van der Waals surface area contributed by atoms with E-state index in [2.05, 4.69) is 21.2 Å². The lowest BCUT2D eigenvalue weighted by Gasteiger charge is -2.17. The lowest BCUT2D eigenvalue weighted by atomic mass is 10.2. The maximum absolute atomic E-state index is 12.1. The van der Waals surface area contributed by atoms with Gasteiger partial charge in [-0.15, -0.1) is 0 Å². The minimum absolute atomic E-state index is 0.0723. The number of amides is 2. The Hall–Kier alpha value is -1.85. The van der Waals surface area contributed by atoms with Crippen molar-refractivity contribution >= 4 is 39.3 Å². The van der Waals surface area contributed by atoms with Crippen LogP contribution >= 0.6 is 27.5 Å². The van der Waals surface area contributed by atoms with E-state index in [0.717, 1.165) is 10.0 Å². The number of nitrogens with zero attached hydrogens (tertiary/aromatic N) is 1. The topological polar surface area (TPSA) is 49.4 Å². The van der Waals surface area contributed by atoms with Crippen LogP contribution in [0.3, 0.4) is 0 Å². The molecule has 2 rings (SSSR count). The third kappa shape index (κ3) is 5.08. The van der Waals surface area contributed by atoms with Crippen LogP contribution in [0.25, 0.3) is 0 Å². The van der Waals surface area contributed by atoms with Crippen LogP contribution in [0.2, 0.25) is 5.02 Å². The third-order valence-corrected chi connectivity index (χ3v) is 4.14. The van der Waals surface area contributed by atoms with Gasteiger partial charge in [-0.2, -0.15) is 0 Å². The molecule has 23 heavy (non-hydrogen) atoms. The van der Waals surface area contributed by atoms with E-state index < -0.39 is 0 Å². The summed E-state index contributed by atoms with van der Waals surface area (Å²) < 4.78 is 0.988. The van der Waals surface area contributed by atoms with Crippen molar-refractivity contribution in [3.05, 3.63) is 69.2 Å². The number of likely N-dealkylation sites (N-methyl/N-ethyl adjacent to an activating group) is 1. The van der Waals surface area contributed by atoms with Gasteiger partial charge in [0.2, 0.25) is 5.91 Å². The summed E-state index contributed by atoms with van der Waals surface area (Å²) in [6.07, 6.45) is 0. The first-order valence-corrected chi connectivity index (χ1v) is 8.15. The Labute approximate surface area is 148 Å². The highest BCUT2D eigenvalue weighted by molar-refractivity contribution is 9.10. The first kappa shape index (κ1) is 17.5. The summed E-state index contributed by atoms with van der Waals surface area (Å²) in [6, 6.07) is 14.5. The number of carbonyl (C=O) groups excluding carboxylic acids is 2. The molecule has 0 atom stereocenters. The Kier molecular flexibility index (Phi) is 6.19. The molecule has 120 valence electrons. The largest absolute Gasteiger partial charge is 0.343 e. The van der Waals surface area contributed by atoms with Crippen molar-refractivity contribution in [1.82, 2.24) is 10.2 Å². The molecule has 0 bridgehead atoms. The number of halogens is 2. The summed E-state index contributed by atoms with van der Waals surface area (Å²) in [5.41, 5.74) is 1.37. The van der Waals surface area contributed by atoms with Crippen LogP contribution in [-0.2, 0) is 11.3 Å². The van der Waals surface area contributed by atoms with E-state index in [1.807, 2.05) is 24.3 Å². The highest BCUT2D eigenvalue weighted by Crippen LogP contribution is 2.14. The van der Waals surface area contributed by atoms with Crippen LogP contribution in [0.1, 0.15) is 15.9 Å². The summed E-state index contributed by atoms with van der Waals surface area (Å²) in [5.74, 6) is -0.533. The van der Waals surface area contributed by atoms with Gasteiger partial charge < -0.3 is 10.2 Å². The maximum atomic E-state index is 12.1. The third-order valence-electron chi connectivity index (χ3n) is 3.28. The van der Waals surface area contributed by atoms with Crippen molar-refractivity contribution < 1.29 is 9.59 Å². The molecule has 4 nitrogen and oxygen atoms in total. The molecular weight excluding hydrogens is 380 g/mol. The van der Waals surface area contributed by atoms with E-state index in [0.29, 0.717) is 17.1 Å². The number of benzene rings is 2. The zero-order valence-electron chi connectivity index (χ0n) is 12.6. The average Bonchev–Trinajstić information content (AvgIpc) is 2.54. The van der Waals surface area contributed by atoms with E-state index in [1.165, 1.54) is 0 Å². The fourth-order valence-electron chi connectivity index (χ4n) is 1.98. The van der Waals surface area contributed by atoms with Gasteiger partial charge in [0.15, 0.2) is 0 Å². The Balaban J connectivity index is 1.87. The number of hydrogen-bond acceptors (Lipinski definition) is 2. The minimum atomic E-state index is -0.360. The zero-order valence-corrected chi connectivity index (χ0v) is 14.9. The van der Waals surface area contributed by atoms with Gasteiger partial charge >= 0.3 is 0 Å². The molecule has 0 aromatic heterocycles. The number of carbonyl (C=O) groups is 2. The molecule has 0 aliphatic heterocycles. The second-order valence-electron chi connectivity index (χ2n) is 5.04. The quantitative estimate of drug-likeness (QED) is 0.842. The molecule has 0 fully saturated rings. The second kappa shape index (κ2) is 8.13. The molecule has 0 unspecified atom stereocenters. The number of rotatable bonds is 5. The van der Waals surface area contributed by atoms with Gasteiger partial charge in [0.25, 0.3) is 5.91 Å². The molecule has 0 aliphatic carbocycles. The first-order valence-electron chi connectivity index (χ1n) is 6.98. The minimum Gasteiger partial charge on any atom is -0.343 e. The number of nitrogens with one attached hydrogen (secondary N) is 1. The maximum Gasteiger partial charge on any atom is 0.253 e. The Morgan fingerprint density at radius 3 is 2.43 bits per heavy atom. The summed E-state index contributed by atoms with van der Waals surface area (Å²) in [5, 5.41) is 2.95. The monoisotopic (exact) mass is 394 g/mol. The molecule has 2 aromatic rings. The van der Waals surface area contributed by atoms with E-state index >= 15 is 0 Å². The summed E-state index contributed by atoms with van der Waals surface area (Å²) in [4.78, 5) is 25.7. The average molecular weight is 396 g/mol. The molecule has 0 saturated carbocycles. The van der Waals surface area contributed by atoms with E-state index in [4.69, 9.17) is 11.6 Å². The molecule has 0 spiro atoms. The Morgan fingerprint density at radius 1 is 1.13 bits per heavy atom. The summed E-state index contributed by atoms with van der Waals surface area (Å²) in [6.45, 7) is 0.408. The molecule has 2 aromatic carbocycles. The predicted octanol–water partition coefficient (Wildman–Crippen LogP) is 3.49. The second-order valence-corrected chi connectivity index (χ2v) is 6.36. The van der Waals surface area contributed by atoms with Gasteiger partial charge in [-0.25, -0.2) is 0 Å². The fourth-order valence-corrected chi connectivity index (χ4v) is 2.47. The first-order chi connectivity index (χ1) is 11.0. The van der Waals surface area contributed by atoms with Gasteiger partial charge in [-0.05, 0) is 29.8 Å². The lowest BCUT2D eigenvalue weighted by molar-refractivity contribution is -0.129. The summed E-state index contributed by atoms with van der Waals surface area (Å²) >= 11 is 9.33. The summed E-state index contributed by atoms with van der Waals surface area (Å²) in [7, 11) is 1.70. The zero-order chi connectivity index (χ0) is 16.8. The van der Waals surface area contributed by atoms with Gasteiger partial charge in [0.1, 0.15) is 0 Å². The van der Waals surface area contributed by atoms with Crippen molar-refractivity contribution in [2.75, 3.05) is 13.6 Å². The van der Waals surface area contributed by atoms with Crippen molar-refractivity contribution in [3.63, 3.8) is 0 Å². The molecule has 0 aliphatic rings. The Bertz CT molecular complexity index is 704. The fraction of sp³-hybridized carbons (Fsp3) is 0.176. The predicted molar refractivity (Wildman–Crippen MR) is 94.4 cm³/mol. The Morgan fingerprint density at radius 2 is 1.78 bits per heavy atom. The molecule has 6 heteroatoms. The van der Waals surface area contributed by atoms with Crippen LogP contribution in [0, 0.1) is 0 Å². The van der Waals surface area contributed by atoms with Crippen molar-refractivity contribution in [2.24, 2.45) is 0 Å². The normalized spacial score (nSPS) is 10.2. The van der Waals surface area contributed by atoms with Gasteiger partial charge in [0, 0.05) is 18.1 Å². The SMILES string of the molecule is CN(Cc1ccc(Br)cc1)C(=O)CNC(=O)c1ccccc1Cl. The van der Waals surface area contributed by atoms with Crippen LogP contribution in [0.5, 0.6) is 0 Å². The number of hydrogen-bond donors (Lipinski definition) is 1. The molecule has 0 heterocycles. The lowest BCUT2D eigenvalue weighted by Crippen LogP contribution is -2.37. The molecule has 0 saturated heterocycles. The van der Waals surface area contributed by atoms with Gasteiger partial charge in [-0.1, -0.05) is 51.8 Å². The molecular formula is C17H16BrClN2O2. The van der Waals surface area contributed by atoms with E-state index in [9.17, 15) is 9.59 Å². The highest BCUT2D eigenvalue weighted by Gasteiger charge is 2.13. The van der Waals surface area contributed by atoms with Gasteiger partial charge in [-0.3, -0.25) is 9.59 Å². The van der Waals surface area contributed by atoms with Crippen molar-refractivity contribution in [2.45, 2.75) is 6.54 Å². The molecule has 1 N–H and O–H groups in total. The van der Waals surface area contributed by atoms with Crippen LogP contribution in [-0.4, -0.2) is 30.3 Å². The van der Waals surface area contributed by atoms with Gasteiger partial charge in [0.05, 0.1) is 17.1 Å². The van der Waals surface area contributed by atoms with Crippen LogP contribution in [0.4, 0.5) is 0 Å². The van der Waals surface area contributed by atoms with Crippen LogP contribution < -0.4 is 5.32 Å². The smallest absolute Gasteiger partial charge is 0.253 e. The highest BCUT2D eigenvalue weighted by atomic mass is 79.9. The standard InChI is InChI=1S/C17H16BrClN2O2/c1-21(11-12-6-8-13(18)9-7-12)16(22)10-20-17(23)14-4-2-3-5-15(14)19/h2-9H,10-11H2,1H3,(H,20,23). The van der Waals surface area contributed by atoms with E-state index in [-0.39, 0.29) is 18.4 Å². The molecule has 0 radical (unpaired) electrons. The van der Waals surface area contributed by atoms with E-state index in [1.54, 1.807) is 36.2 Å². The van der Waals surface area contributed by atoms with Crippen molar-refractivity contribution in [3.8, 4) is 0 Å². The van der Waals surface area contributed by atoms with Crippen molar-refractivity contribution in [1.29, 1.82) is 0 Å². The molecule has 2 amide bonds.